The highest BCUT2D eigenvalue weighted by Gasteiger charge is 2.23. The number of carbonyl (C=O) groups excluding carboxylic acids is 1. The van der Waals surface area contributed by atoms with Gasteiger partial charge in [0.15, 0.2) is 0 Å². The summed E-state index contributed by atoms with van der Waals surface area (Å²) in [6.45, 7) is 1.48. The molecule has 3 N–H and O–H groups in total. The Bertz CT molecular complexity index is 404. The lowest BCUT2D eigenvalue weighted by Crippen LogP contribution is -2.30. The molecule has 1 amide bonds. The maximum Gasteiger partial charge on any atom is 0.226 e. The first-order chi connectivity index (χ1) is 7.72. The van der Waals surface area contributed by atoms with Gasteiger partial charge >= 0.3 is 0 Å². The Hall–Kier alpha value is -1.55. The monoisotopic (exact) mass is 220 g/mol. The van der Waals surface area contributed by atoms with Crippen LogP contribution in [-0.4, -0.2) is 26.1 Å². The number of hydrogen-bond donors (Lipinski definition) is 2. The van der Waals surface area contributed by atoms with E-state index in [1.807, 2.05) is 18.2 Å². The van der Waals surface area contributed by atoms with Crippen LogP contribution < -0.4 is 15.8 Å². The highest BCUT2D eigenvalue weighted by molar-refractivity contribution is 5.83. The van der Waals surface area contributed by atoms with Gasteiger partial charge in [0.05, 0.1) is 13.0 Å². The van der Waals surface area contributed by atoms with Crippen molar-refractivity contribution in [2.75, 3.05) is 20.2 Å². The van der Waals surface area contributed by atoms with E-state index in [4.69, 9.17) is 10.5 Å². The molecule has 1 aliphatic rings. The first-order valence-corrected chi connectivity index (χ1v) is 5.39. The number of ether oxygens (including phenoxy) is 1. The van der Waals surface area contributed by atoms with Gasteiger partial charge in [-0.25, -0.2) is 0 Å². The molecule has 0 fully saturated rings. The minimum Gasteiger partial charge on any atom is -0.497 e. The molecule has 1 atom stereocenters. The summed E-state index contributed by atoms with van der Waals surface area (Å²) < 4.78 is 5.18. The fourth-order valence-corrected chi connectivity index (χ4v) is 2.09. The van der Waals surface area contributed by atoms with E-state index in [1.165, 1.54) is 5.56 Å². The number of methoxy groups -OCH3 is 1. The van der Waals surface area contributed by atoms with Gasteiger partial charge in [0, 0.05) is 6.54 Å². The van der Waals surface area contributed by atoms with Crippen molar-refractivity contribution in [3.8, 4) is 5.75 Å². The van der Waals surface area contributed by atoms with Gasteiger partial charge in [-0.3, -0.25) is 4.79 Å². The van der Waals surface area contributed by atoms with Crippen molar-refractivity contribution in [2.24, 2.45) is 5.73 Å². The average Bonchev–Trinajstić information content (AvgIpc) is 2.49. The summed E-state index contributed by atoms with van der Waals surface area (Å²) in [6.07, 6.45) is 0.920. The lowest BCUT2D eigenvalue weighted by Gasteiger charge is -2.14. The standard InChI is InChI=1S/C12H16N2O2/c1-16-9-3-2-8-4-5-14-7-11(12(13)15)10(8)6-9/h2-3,6,11,14H,4-5,7H2,1H3,(H2,13,15). The second-order valence-corrected chi connectivity index (χ2v) is 3.97. The third-order valence-electron chi connectivity index (χ3n) is 2.99. The molecule has 86 valence electrons. The number of fused-ring (bicyclic) bond motifs is 1. The van der Waals surface area contributed by atoms with Crippen LogP contribution in [-0.2, 0) is 11.2 Å². The molecule has 16 heavy (non-hydrogen) atoms. The minimum absolute atomic E-state index is 0.257. The Morgan fingerprint density at radius 3 is 3.06 bits per heavy atom. The summed E-state index contributed by atoms with van der Waals surface area (Å²) in [5.41, 5.74) is 7.60. The number of benzene rings is 1. The van der Waals surface area contributed by atoms with Crippen molar-refractivity contribution in [1.82, 2.24) is 5.32 Å². The van der Waals surface area contributed by atoms with E-state index >= 15 is 0 Å². The maximum atomic E-state index is 11.4. The van der Waals surface area contributed by atoms with E-state index in [0.29, 0.717) is 6.54 Å². The normalized spacial score (nSPS) is 19.7. The van der Waals surface area contributed by atoms with E-state index in [-0.39, 0.29) is 11.8 Å². The second kappa shape index (κ2) is 4.53. The second-order valence-electron chi connectivity index (χ2n) is 3.97. The van der Waals surface area contributed by atoms with Crippen molar-refractivity contribution in [3.63, 3.8) is 0 Å². The molecule has 0 saturated carbocycles. The van der Waals surface area contributed by atoms with Crippen molar-refractivity contribution < 1.29 is 9.53 Å². The SMILES string of the molecule is COc1ccc2c(c1)C(C(N)=O)CNCC2. The topological polar surface area (TPSA) is 64.3 Å². The molecular formula is C12H16N2O2. The molecule has 0 aromatic heterocycles. The molecule has 1 heterocycles. The first-order valence-electron chi connectivity index (χ1n) is 5.39. The minimum atomic E-state index is -0.288. The average molecular weight is 220 g/mol. The number of carbonyl (C=O) groups is 1. The van der Waals surface area contributed by atoms with Crippen LogP contribution in [0, 0.1) is 0 Å². The van der Waals surface area contributed by atoms with Crippen molar-refractivity contribution in [3.05, 3.63) is 29.3 Å². The van der Waals surface area contributed by atoms with Crippen LogP contribution in [0.3, 0.4) is 0 Å². The van der Waals surface area contributed by atoms with E-state index in [9.17, 15) is 4.79 Å². The largest absolute Gasteiger partial charge is 0.497 e. The molecule has 1 aliphatic heterocycles. The number of primary amides is 1. The molecule has 0 saturated heterocycles. The Morgan fingerprint density at radius 2 is 2.38 bits per heavy atom. The molecule has 4 nitrogen and oxygen atoms in total. The van der Waals surface area contributed by atoms with Crippen LogP contribution >= 0.6 is 0 Å². The number of nitrogens with two attached hydrogens (primary N) is 1. The fraction of sp³-hybridized carbons (Fsp3) is 0.417. The van der Waals surface area contributed by atoms with Crippen LogP contribution in [0.2, 0.25) is 0 Å². The molecule has 0 bridgehead atoms. The zero-order valence-electron chi connectivity index (χ0n) is 9.32. The Morgan fingerprint density at radius 1 is 1.56 bits per heavy atom. The maximum absolute atomic E-state index is 11.4. The molecule has 1 aromatic carbocycles. The van der Waals surface area contributed by atoms with E-state index in [2.05, 4.69) is 5.32 Å². The van der Waals surface area contributed by atoms with Crippen LogP contribution in [0.25, 0.3) is 0 Å². The highest BCUT2D eigenvalue weighted by Crippen LogP contribution is 2.26. The van der Waals surface area contributed by atoms with Gasteiger partial charge in [0.25, 0.3) is 0 Å². The lowest BCUT2D eigenvalue weighted by molar-refractivity contribution is -0.119. The number of hydrogen-bond acceptors (Lipinski definition) is 3. The summed E-state index contributed by atoms with van der Waals surface area (Å²) in [4.78, 5) is 11.4. The smallest absolute Gasteiger partial charge is 0.226 e. The molecule has 0 aliphatic carbocycles. The molecule has 1 unspecified atom stereocenters. The van der Waals surface area contributed by atoms with Gasteiger partial charge < -0.3 is 15.8 Å². The number of amides is 1. The molecule has 4 heteroatoms. The summed E-state index contributed by atoms with van der Waals surface area (Å²) in [5, 5.41) is 3.22. The van der Waals surface area contributed by atoms with Crippen molar-refractivity contribution >= 4 is 5.91 Å². The van der Waals surface area contributed by atoms with Crippen molar-refractivity contribution in [1.29, 1.82) is 0 Å². The Labute approximate surface area is 94.8 Å². The van der Waals surface area contributed by atoms with E-state index in [0.717, 1.165) is 24.3 Å². The predicted molar refractivity (Wildman–Crippen MR) is 61.5 cm³/mol. The third-order valence-corrected chi connectivity index (χ3v) is 2.99. The van der Waals surface area contributed by atoms with Gasteiger partial charge in [-0.15, -0.1) is 0 Å². The van der Waals surface area contributed by atoms with Crippen LogP contribution in [0.5, 0.6) is 5.75 Å². The lowest BCUT2D eigenvalue weighted by atomic mass is 9.93. The highest BCUT2D eigenvalue weighted by atomic mass is 16.5. The molecule has 2 rings (SSSR count). The van der Waals surface area contributed by atoms with Crippen molar-refractivity contribution in [2.45, 2.75) is 12.3 Å². The summed E-state index contributed by atoms with van der Waals surface area (Å²) >= 11 is 0. The molecular weight excluding hydrogens is 204 g/mol. The zero-order valence-corrected chi connectivity index (χ0v) is 9.32. The third kappa shape index (κ3) is 2.02. The fourth-order valence-electron chi connectivity index (χ4n) is 2.09. The molecule has 1 aromatic rings. The summed E-state index contributed by atoms with van der Waals surface area (Å²) in [7, 11) is 1.62. The number of nitrogens with one attached hydrogen (secondary N) is 1. The quantitative estimate of drug-likeness (QED) is 0.758. The van der Waals surface area contributed by atoms with Gasteiger partial charge in [-0.05, 0) is 36.2 Å². The Balaban J connectivity index is 2.44. The van der Waals surface area contributed by atoms with Gasteiger partial charge in [-0.1, -0.05) is 6.07 Å². The van der Waals surface area contributed by atoms with Gasteiger partial charge in [0.2, 0.25) is 5.91 Å². The van der Waals surface area contributed by atoms with E-state index in [1.54, 1.807) is 7.11 Å². The Kier molecular flexibility index (Phi) is 3.10. The predicted octanol–water partition coefficient (Wildman–Crippen LogP) is 0.410. The van der Waals surface area contributed by atoms with E-state index < -0.39 is 0 Å². The van der Waals surface area contributed by atoms with Crippen LogP contribution in [0.4, 0.5) is 0 Å². The van der Waals surface area contributed by atoms with Gasteiger partial charge in [0.1, 0.15) is 5.75 Å². The summed E-state index contributed by atoms with van der Waals surface area (Å²) in [5.74, 6) is 0.225. The number of rotatable bonds is 2. The first kappa shape index (κ1) is 11.0. The molecule has 0 spiro atoms. The zero-order chi connectivity index (χ0) is 11.5. The van der Waals surface area contributed by atoms with Crippen LogP contribution in [0.15, 0.2) is 18.2 Å². The summed E-state index contributed by atoms with van der Waals surface area (Å²) in [6, 6.07) is 5.84. The van der Waals surface area contributed by atoms with Crippen LogP contribution in [0.1, 0.15) is 17.0 Å². The molecule has 0 radical (unpaired) electrons. The van der Waals surface area contributed by atoms with Gasteiger partial charge in [-0.2, -0.15) is 0 Å².